The fourth-order valence-corrected chi connectivity index (χ4v) is 1.59. The van der Waals surface area contributed by atoms with Crippen molar-refractivity contribution < 1.29 is 14.4 Å². The fraction of sp³-hybridized carbons (Fsp3) is 0.364. The number of anilines is 1. The van der Waals surface area contributed by atoms with Crippen molar-refractivity contribution >= 4 is 11.6 Å². The van der Waals surface area contributed by atoms with Gasteiger partial charge >= 0.3 is 0 Å². The summed E-state index contributed by atoms with van der Waals surface area (Å²) in [5.74, 6) is 0.380. The lowest BCUT2D eigenvalue weighted by molar-refractivity contribution is -0.0758. The largest absolute Gasteiger partial charge is 0.489 e. The third kappa shape index (κ3) is 1.81. The first-order valence-corrected chi connectivity index (χ1v) is 5.06. The molecule has 1 aliphatic heterocycles. The van der Waals surface area contributed by atoms with E-state index >= 15 is 0 Å². The predicted molar refractivity (Wildman–Crippen MR) is 59.5 cm³/mol. The minimum Gasteiger partial charge on any atom is -0.489 e. The van der Waals surface area contributed by atoms with Gasteiger partial charge in [-0.2, -0.15) is 0 Å². The Kier molecular flexibility index (Phi) is 2.96. The van der Waals surface area contributed by atoms with Crippen LogP contribution in [0.5, 0.6) is 5.75 Å². The number of ether oxygens (including phenoxy) is 1. The van der Waals surface area contributed by atoms with E-state index in [0.29, 0.717) is 17.9 Å². The van der Waals surface area contributed by atoms with Crippen molar-refractivity contribution in [3.05, 3.63) is 23.8 Å². The number of hydroxylamine groups is 2. The Bertz CT molecular complexity index is 406. The molecule has 0 radical (unpaired) electrons. The van der Waals surface area contributed by atoms with Crippen molar-refractivity contribution in [3.63, 3.8) is 0 Å². The number of rotatable bonds is 2. The van der Waals surface area contributed by atoms with E-state index in [-0.39, 0.29) is 5.91 Å². The molecule has 2 rings (SSSR count). The summed E-state index contributed by atoms with van der Waals surface area (Å²) in [6.45, 7) is 1.32. The highest BCUT2D eigenvalue weighted by atomic mass is 16.7. The summed E-state index contributed by atoms with van der Waals surface area (Å²) in [6.07, 6.45) is 0. The van der Waals surface area contributed by atoms with E-state index < -0.39 is 0 Å². The van der Waals surface area contributed by atoms with Crippen LogP contribution < -0.4 is 10.1 Å². The standard InChI is InChI=1S/C11H14N2O3/c1-13(15-2)11(14)8-4-3-5-9-10(8)16-7-6-12-9/h3-5,12H,6-7H2,1-2H3. The second-order valence-corrected chi connectivity index (χ2v) is 3.44. The van der Waals surface area contributed by atoms with E-state index in [1.807, 2.05) is 12.1 Å². The van der Waals surface area contributed by atoms with Crippen LogP contribution in [0.2, 0.25) is 0 Å². The van der Waals surface area contributed by atoms with E-state index in [1.54, 1.807) is 13.1 Å². The Morgan fingerprint density at radius 2 is 2.38 bits per heavy atom. The first-order chi connectivity index (χ1) is 7.74. The zero-order valence-electron chi connectivity index (χ0n) is 9.32. The summed E-state index contributed by atoms with van der Waals surface area (Å²) in [5, 5.41) is 4.35. The van der Waals surface area contributed by atoms with Crippen molar-refractivity contribution in [2.75, 3.05) is 32.6 Å². The molecule has 0 saturated heterocycles. The fourth-order valence-electron chi connectivity index (χ4n) is 1.59. The summed E-state index contributed by atoms with van der Waals surface area (Å²) in [7, 11) is 3.02. The van der Waals surface area contributed by atoms with Gasteiger partial charge in [-0.25, -0.2) is 5.06 Å². The van der Waals surface area contributed by atoms with E-state index in [4.69, 9.17) is 9.57 Å². The minimum absolute atomic E-state index is 0.219. The van der Waals surface area contributed by atoms with Gasteiger partial charge in [0.05, 0.1) is 18.4 Å². The molecule has 0 bridgehead atoms. The molecule has 0 aromatic heterocycles. The maximum Gasteiger partial charge on any atom is 0.280 e. The number of carbonyl (C=O) groups is 1. The average molecular weight is 222 g/mol. The van der Waals surface area contributed by atoms with Crippen molar-refractivity contribution in [1.29, 1.82) is 0 Å². The van der Waals surface area contributed by atoms with Gasteiger partial charge in [0.2, 0.25) is 0 Å². The number of nitrogens with zero attached hydrogens (tertiary/aromatic N) is 1. The first-order valence-electron chi connectivity index (χ1n) is 5.06. The van der Waals surface area contributed by atoms with Gasteiger partial charge in [0.1, 0.15) is 6.61 Å². The van der Waals surface area contributed by atoms with Gasteiger partial charge in [-0.3, -0.25) is 9.63 Å². The Morgan fingerprint density at radius 3 is 3.12 bits per heavy atom. The van der Waals surface area contributed by atoms with Gasteiger partial charge in [0, 0.05) is 13.6 Å². The van der Waals surface area contributed by atoms with E-state index in [0.717, 1.165) is 12.2 Å². The quantitative estimate of drug-likeness (QED) is 0.762. The molecule has 0 aliphatic carbocycles. The molecule has 0 spiro atoms. The topological polar surface area (TPSA) is 50.8 Å². The van der Waals surface area contributed by atoms with Gasteiger partial charge in [-0.05, 0) is 12.1 Å². The Hall–Kier alpha value is -1.75. The lowest BCUT2D eigenvalue weighted by atomic mass is 10.1. The van der Waals surface area contributed by atoms with Gasteiger partial charge in [0.25, 0.3) is 5.91 Å². The molecule has 0 unspecified atom stereocenters. The van der Waals surface area contributed by atoms with Gasteiger partial charge in [-0.15, -0.1) is 0 Å². The number of carbonyl (C=O) groups excluding carboxylic acids is 1. The second-order valence-electron chi connectivity index (χ2n) is 3.44. The highest BCUT2D eigenvalue weighted by molar-refractivity contribution is 5.98. The van der Waals surface area contributed by atoms with Crippen LogP contribution in [0.3, 0.4) is 0 Å². The zero-order chi connectivity index (χ0) is 11.5. The summed E-state index contributed by atoms with van der Waals surface area (Å²) < 4.78 is 5.50. The number of hydrogen-bond acceptors (Lipinski definition) is 4. The Labute approximate surface area is 93.9 Å². The summed E-state index contributed by atoms with van der Waals surface area (Å²) in [6, 6.07) is 5.43. The molecular formula is C11H14N2O3. The molecule has 16 heavy (non-hydrogen) atoms. The molecule has 86 valence electrons. The van der Waals surface area contributed by atoms with E-state index in [9.17, 15) is 4.79 Å². The highest BCUT2D eigenvalue weighted by Crippen LogP contribution is 2.31. The van der Waals surface area contributed by atoms with Gasteiger partial charge in [-0.1, -0.05) is 6.07 Å². The van der Waals surface area contributed by atoms with Gasteiger partial charge in [0.15, 0.2) is 5.75 Å². The molecule has 1 amide bonds. The van der Waals surface area contributed by atoms with Crippen LogP contribution in [-0.4, -0.2) is 38.3 Å². The zero-order valence-corrected chi connectivity index (χ0v) is 9.32. The minimum atomic E-state index is -0.219. The molecule has 0 saturated carbocycles. The lowest BCUT2D eigenvalue weighted by Gasteiger charge is -2.22. The Morgan fingerprint density at radius 1 is 1.56 bits per heavy atom. The van der Waals surface area contributed by atoms with Crippen LogP contribution in [0.1, 0.15) is 10.4 Å². The Balaban J connectivity index is 2.37. The number of benzene rings is 1. The maximum atomic E-state index is 11.9. The maximum absolute atomic E-state index is 11.9. The third-order valence-electron chi connectivity index (χ3n) is 2.47. The number of fused-ring (bicyclic) bond motifs is 1. The molecule has 1 aromatic carbocycles. The van der Waals surface area contributed by atoms with Crippen LogP contribution in [-0.2, 0) is 4.84 Å². The second kappa shape index (κ2) is 4.40. The number of nitrogens with one attached hydrogen (secondary N) is 1. The molecule has 0 fully saturated rings. The highest BCUT2D eigenvalue weighted by Gasteiger charge is 2.21. The van der Waals surface area contributed by atoms with Crippen LogP contribution in [0.25, 0.3) is 0 Å². The molecule has 1 aliphatic rings. The average Bonchev–Trinajstić information content (AvgIpc) is 2.36. The number of para-hydroxylation sites is 1. The summed E-state index contributed by atoms with van der Waals surface area (Å²) >= 11 is 0. The van der Waals surface area contributed by atoms with Crippen molar-refractivity contribution in [2.45, 2.75) is 0 Å². The molecule has 1 aromatic rings. The molecule has 1 N–H and O–H groups in total. The van der Waals surface area contributed by atoms with Crippen molar-refractivity contribution in [2.24, 2.45) is 0 Å². The molecular weight excluding hydrogens is 208 g/mol. The normalized spacial score (nSPS) is 13.4. The third-order valence-corrected chi connectivity index (χ3v) is 2.47. The predicted octanol–water partition coefficient (Wildman–Crippen LogP) is 1.12. The van der Waals surface area contributed by atoms with E-state index in [1.165, 1.54) is 12.2 Å². The van der Waals surface area contributed by atoms with Crippen molar-refractivity contribution in [1.82, 2.24) is 5.06 Å². The van der Waals surface area contributed by atoms with E-state index in [2.05, 4.69) is 5.32 Å². The first kappa shape index (κ1) is 10.8. The lowest BCUT2D eigenvalue weighted by Crippen LogP contribution is -2.27. The summed E-state index contributed by atoms with van der Waals surface area (Å²) in [5.41, 5.74) is 1.36. The van der Waals surface area contributed by atoms with Crippen LogP contribution >= 0.6 is 0 Å². The van der Waals surface area contributed by atoms with Crippen LogP contribution in [0, 0.1) is 0 Å². The van der Waals surface area contributed by atoms with Crippen molar-refractivity contribution in [3.8, 4) is 5.75 Å². The SMILES string of the molecule is CON(C)C(=O)c1cccc2c1OCCN2. The molecule has 1 heterocycles. The number of amides is 1. The summed E-state index contributed by atoms with van der Waals surface area (Å²) in [4.78, 5) is 16.8. The molecule has 5 heteroatoms. The molecule has 0 atom stereocenters. The van der Waals surface area contributed by atoms with Crippen LogP contribution in [0.4, 0.5) is 5.69 Å². The molecule has 5 nitrogen and oxygen atoms in total. The van der Waals surface area contributed by atoms with Crippen LogP contribution in [0.15, 0.2) is 18.2 Å². The number of hydrogen-bond donors (Lipinski definition) is 1. The monoisotopic (exact) mass is 222 g/mol. The smallest absolute Gasteiger partial charge is 0.280 e. The van der Waals surface area contributed by atoms with Gasteiger partial charge < -0.3 is 10.1 Å².